The number of piperidine rings is 1. The highest BCUT2D eigenvalue weighted by Crippen LogP contribution is 2.36. The van der Waals surface area contributed by atoms with E-state index in [1.54, 1.807) is 12.1 Å². The van der Waals surface area contributed by atoms with Crippen LogP contribution in [-0.2, 0) is 0 Å². The number of furan rings is 1. The maximum atomic E-state index is 13.4. The van der Waals surface area contributed by atoms with Gasteiger partial charge in [0.1, 0.15) is 5.58 Å². The summed E-state index contributed by atoms with van der Waals surface area (Å²) >= 11 is 0. The van der Waals surface area contributed by atoms with Crippen LogP contribution in [0.15, 0.2) is 28.7 Å². The molecule has 4 rings (SSSR count). The Balaban J connectivity index is 1.75. The summed E-state index contributed by atoms with van der Waals surface area (Å²) in [5, 5.41) is 3.84. The van der Waals surface area contributed by atoms with Crippen molar-refractivity contribution in [3.63, 3.8) is 0 Å². The highest BCUT2D eigenvalue weighted by Gasteiger charge is 2.26. The van der Waals surface area contributed by atoms with Gasteiger partial charge in [-0.1, -0.05) is 12.1 Å². The average molecular weight is 451 g/mol. The fourth-order valence-corrected chi connectivity index (χ4v) is 4.50. The molecule has 1 aliphatic heterocycles. The number of hydrogen-bond acceptors (Lipinski definition) is 5. The molecule has 1 aliphatic rings. The van der Waals surface area contributed by atoms with Gasteiger partial charge in [-0.2, -0.15) is 0 Å². The van der Waals surface area contributed by atoms with E-state index in [-0.39, 0.29) is 11.7 Å². The number of anilines is 1. The van der Waals surface area contributed by atoms with Crippen molar-refractivity contribution in [2.45, 2.75) is 40.0 Å². The number of likely N-dealkylation sites (tertiary alicyclic amines) is 1. The molecule has 0 radical (unpaired) electrons. The van der Waals surface area contributed by atoms with Gasteiger partial charge < -0.3 is 24.1 Å². The quantitative estimate of drug-likeness (QED) is 0.574. The molecule has 0 atom stereocenters. The number of ether oxygens (including phenoxy) is 2. The molecule has 3 aromatic rings. The normalized spacial score (nSPS) is 13.8. The summed E-state index contributed by atoms with van der Waals surface area (Å²) in [4.78, 5) is 28.5. The maximum Gasteiger partial charge on any atom is 0.291 e. The third-order valence-corrected chi connectivity index (χ3v) is 6.33. The summed E-state index contributed by atoms with van der Waals surface area (Å²) in [6.45, 7) is 7.22. The van der Waals surface area contributed by atoms with Gasteiger partial charge in [0.05, 0.1) is 25.5 Å². The van der Waals surface area contributed by atoms with E-state index >= 15 is 0 Å². The first-order valence-corrected chi connectivity index (χ1v) is 11.2. The summed E-state index contributed by atoms with van der Waals surface area (Å²) in [5.74, 6) is 0.535. The van der Waals surface area contributed by atoms with Crippen molar-refractivity contribution in [2.75, 3.05) is 32.6 Å². The second kappa shape index (κ2) is 9.17. The third kappa shape index (κ3) is 4.15. The zero-order valence-corrected chi connectivity index (χ0v) is 19.8. The maximum absolute atomic E-state index is 13.4. The molecule has 1 N–H and O–H groups in total. The number of fused-ring (bicyclic) bond motifs is 1. The van der Waals surface area contributed by atoms with E-state index in [0.29, 0.717) is 41.4 Å². The number of nitrogens with zero attached hydrogens (tertiary/aromatic N) is 1. The number of aryl methyl sites for hydroxylation is 3. The molecule has 174 valence electrons. The van der Waals surface area contributed by atoms with Gasteiger partial charge in [-0.3, -0.25) is 9.59 Å². The lowest BCUT2D eigenvalue weighted by Gasteiger charge is -2.28. The summed E-state index contributed by atoms with van der Waals surface area (Å²) in [6.07, 6.45) is 3.05. The Hall–Kier alpha value is -3.48. The average Bonchev–Trinajstić information content (AvgIpc) is 3.19. The number of carbonyl (C=O) groups excluding carboxylic acids is 2. The van der Waals surface area contributed by atoms with E-state index < -0.39 is 5.91 Å². The van der Waals surface area contributed by atoms with Crippen molar-refractivity contribution in [3.8, 4) is 11.5 Å². The van der Waals surface area contributed by atoms with Crippen LogP contribution in [0.3, 0.4) is 0 Å². The van der Waals surface area contributed by atoms with Crippen LogP contribution in [-0.4, -0.2) is 44.0 Å². The molecule has 0 bridgehead atoms. The van der Waals surface area contributed by atoms with Crippen molar-refractivity contribution in [3.05, 3.63) is 52.3 Å². The van der Waals surface area contributed by atoms with Crippen molar-refractivity contribution < 1.29 is 23.5 Å². The molecule has 33 heavy (non-hydrogen) atoms. The number of amides is 2. The van der Waals surface area contributed by atoms with E-state index in [9.17, 15) is 9.59 Å². The largest absolute Gasteiger partial charge is 0.493 e. The predicted molar refractivity (Wildman–Crippen MR) is 128 cm³/mol. The Morgan fingerprint density at radius 2 is 1.58 bits per heavy atom. The van der Waals surface area contributed by atoms with Crippen molar-refractivity contribution >= 4 is 28.5 Å². The molecule has 0 saturated carbocycles. The summed E-state index contributed by atoms with van der Waals surface area (Å²) in [7, 11) is 3.04. The van der Waals surface area contributed by atoms with E-state index in [0.717, 1.165) is 41.3 Å². The molecule has 0 spiro atoms. The molecule has 2 heterocycles. The van der Waals surface area contributed by atoms with E-state index in [1.807, 2.05) is 37.8 Å². The second-order valence-corrected chi connectivity index (χ2v) is 8.52. The molecule has 1 saturated heterocycles. The minimum atomic E-state index is -0.414. The minimum Gasteiger partial charge on any atom is -0.493 e. The molecule has 2 aromatic carbocycles. The number of carbonyl (C=O) groups is 2. The molecule has 2 amide bonds. The molecule has 1 aromatic heterocycles. The van der Waals surface area contributed by atoms with Crippen LogP contribution in [0.1, 0.15) is 56.9 Å². The first kappa shape index (κ1) is 22.7. The Morgan fingerprint density at radius 1 is 0.939 bits per heavy atom. The molecule has 0 unspecified atom stereocenters. The second-order valence-electron chi connectivity index (χ2n) is 8.52. The molecule has 7 nitrogen and oxygen atoms in total. The Kier molecular flexibility index (Phi) is 6.31. The van der Waals surface area contributed by atoms with Crippen LogP contribution < -0.4 is 14.8 Å². The summed E-state index contributed by atoms with van der Waals surface area (Å²) < 4.78 is 16.8. The van der Waals surface area contributed by atoms with Crippen LogP contribution in [0, 0.1) is 20.8 Å². The molecule has 7 heteroatoms. The highest BCUT2D eigenvalue weighted by molar-refractivity contribution is 6.11. The molecular formula is C26H30N2O5. The zero-order chi connectivity index (χ0) is 23.7. The van der Waals surface area contributed by atoms with Crippen LogP contribution >= 0.6 is 0 Å². The zero-order valence-electron chi connectivity index (χ0n) is 19.8. The monoisotopic (exact) mass is 450 g/mol. The van der Waals surface area contributed by atoms with Crippen LogP contribution in [0.4, 0.5) is 5.69 Å². The van der Waals surface area contributed by atoms with Crippen molar-refractivity contribution in [1.82, 2.24) is 4.90 Å². The van der Waals surface area contributed by atoms with Gasteiger partial charge in [-0.15, -0.1) is 0 Å². The Morgan fingerprint density at radius 3 is 2.21 bits per heavy atom. The lowest BCUT2D eigenvalue weighted by atomic mass is 10.0. The fraction of sp³-hybridized carbons (Fsp3) is 0.385. The SMILES string of the molecule is COc1cc(NC(=O)c2oc3c(C)ccc(C)c3c2C)c(C(=O)N2CCCCC2)cc1OC. The highest BCUT2D eigenvalue weighted by atomic mass is 16.5. The van der Waals surface area contributed by atoms with Crippen molar-refractivity contribution in [2.24, 2.45) is 0 Å². The number of nitrogens with one attached hydrogen (secondary N) is 1. The van der Waals surface area contributed by atoms with E-state index in [2.05, 4.69) is 5.32 Å². The Labute approximate surface area is 193 Å². The molecule has 0 aliphatic carbocycles. The number of methoxy groups -OCH3 is 2. The van der Waals surface area contributed by atoms with Gasteiger partial charge in [-0.25, -0.2) is 0 Å². The van der Waals surface area contributed by atoms with Gasteiger partial charge in [0.2, 0.25) is 0 Å². The van der Waals surface area contributed by atoms with Crippen LogP contribution in [0.5, 0.6) is 11.5 Å². The number of benzene rings is 2. The predicted octanol–water partition coefficient (Wildman–Crippen LogP) is 5.25. The first-order valence-electron chi connectivity index (χ1n) is 11.2. The van der Waals surface area contributed by atoms with Crippen LogP contribution in [0.2, 0.25) is 0 Å². The van der Waals surface area contributed by atoms with Gasteiger partial charge in [0.25, 0.3) is 11.8 Å². The standard InChI is InChI=1S/C26H30N2O5/c1-15-9-10-16(2)23-22(15)17(3)24(33-23)25(29)27-19-14-21(32-5)20(31-4)13-18(19)26(30)28-11-7-6-8-12-28/h9-10,13-14H,6-8,11-12H2,1-5H3,(H,27,29). The van der Waals surface area contributed by atoms with Gasteiger partial charge in [-0.05, 0) is 57.2 Å². The molecular weight excluding hydrogens is 420 g/mol. The lowest BCUT2D eigenvalue weighted by molar-refractivity contribution is 0.0725. The topological polar surface area (TPSA) is 81.0 Å². The van der Waals surface area contributed by atoms with Gasteiger partial charge >= 0.3 is 0 Å². The minimum absolute atomic E-state index is 0.140. The fourth-order valence-electron chi connectivity index (χ4n) is 4.50. The van der Waals surface area contributed by atoms with E-state index in [1.165, 1.54) is 14.2 Å². The first-order chi connectivity index (χ1) is 15.8. The van der Waals surface area contributed by atoms with Gasteiger partial charge in [0, 0.05) is 30.1 Å². The van der Waals surface area contributed by atoms with Crippen molar-refractivity contribution in [1.29, 1.82) is 0 Å². The number of hydrogen-bond donors (Lipinski definition) is 1. The smallest absolute Gasteiger partial charge is 0.291 e. The Bertz CT molecular complexity index is 1220. The molecule has 1 fully saturated rings. The summed E-state index contributed by atoms with van der Waals surface area (Å²) in [6, 6.07) is 7.26. The summed E-state index contributed by atoms with van der Waals surface area (Å²) in [5.41, 5.74) is 4.21. The van der Waals surface area contributed by atoms with Gasteiger partial charge in [0.15, 0.2) is 17.3 Å². The lowest BCUT2D eigenvalue weighted by Crippen LogP contribution is -2.36. The van der Waals surface area contributed by atoms with Crippen LogP contribution in [0.25, 0.3) is 11.0 Å². The van der Waals surface area contributed by atoms with E-state index in [4.69, 9.17) is 13.9 Å². The third-order valence-electron chi connectivity index (χ3n) is 6.33. The number of rotatable bonds is 5.